The third kappa shape index (κ3) is 2.80. The van der Waals surface area contributed by atoms with E-state index in [2.05, 4.69) is 10.3 Å². The molecule has 0 unspecified atom stereocenters. The van der Waals surface area contributed by atoms with E-state index < -0.39 is 6.04 Å². The molecule has 1 fully saturated rings. The number of methoxy groups -OCH3 is 1. The monoisotopic (exact) mass is 302 g/mol. The Kier molecular flexibility index (Phi) is 4.06. The number of ether oxygens (including phenoxy) is 1. The molecule has 1 aromatic carbocycles. The molecular formula is C15H18N4O3. The van der Waals surface area contributed by atoms with E-state index in [-0.39, 0.29) is 18.3 Å². The van der Waals surface area contributed by atoms with Crippen LogP contribution in [0.4, 0.5) is 0 Å². The number of hydrogen-bond donors (Lipinski definition) is 1. The Bertz CT molecular complexity index is 697. The standard InChI is InChI=1S/C15H18N4O3/c1-22-14(20)8-13-15(21)16-6-7-18(13)10-19-9-17-11-4-2-3-5-12(11)19/h2-5,9,13H,6-8,10H2,1H3,(H,16,21)/t13-/m0/s1. The topological polar surface area (TPSA) is 76.5 Å². The SMILES string of the molecule is COC(=O)C[C@H]1C(=O)NCCN1Cn1cnc2ccccc21. The average molecular weight is 302 g/mol. The molecule has 0 bridgehead atoms. The van der Waals surface area contributed by atoms with Gasteiger partial charge in [-0.15, -0.1) is 0 Å². The van der Waals surface area contributed by atoms with E-state index in [1.54, 1.807) is 6.33 Å². The van der Waals surface area contributed by atoms with Crippen LogP contribution in [0.3, 0.4) is 0 Å². The number of esters is 1. The van der Waals surface area contributed by atoms with E-state index >= 15 is 0 Å². The van der Waals surface area contributed by atoms with Crippen molar-refractivity contribution in [2.24, 2.45) is 0 Å². The number of aromatic nitrogens is 2. The predicted octanol–water partition coefficient (Wildman–Crippen LogP) is 0.357. The van der Waals surface area contributed by atoms with Gasteiger partial charge in [0, 0.05) is 13.1 Å². The van der Waals surface area contributed by atoms with Crippen molar-refractivity contribution in [1.82, 2.24) is 19.8 Å². The van der Waals surface area contributed by atoms with E-state index in [4.69, 9.17) is 4.74 Å². The van der Waals surface area contributed by atoms with Crippen LogP contribution in [0.1, 0.15) is 6.42 Å². The molecule has 7 heteroatoms. The molecule has 1 saturated heterocycles. The summed E-state index contributed by atoms with van der Waals surface area (Å²) in [6, 6.07) is 7.31. The Labute approximate surface area is 127 Å². The third-order valence-corrected chi connectivity index (χ3v) is 3.89. The van der Waals surface area contributed by atoms with Gasteiger partial charge in [-0.2, -0.15) is 0 Å². The molecule has 7 nitrogen and oxygen atoms in total. The highest BCUT2D eigenvalue weighted by atomic mass is 16.5. The molecule has 0 saturated carbocycles. The summed E-state index contributed by atoms with van der Waals surface area (Å²) in [5.41, 5.74) is 1.92. The Morgan fingerprint density at radius 1 is 1.45 bits per heavy atom. The van der Waals surface area contributed by atoms with Gasteiger partial charge in [-0.05, 0) is 12.1 Å². The summed E-state index contributed by atoms with van der Waals surface area (Å²) in [6.07, 6.45) is 1.81. The second kappa shape index (κ2) is 6.15. The van der Waals surface area contributed by atoms with Crippen molar-refractivity contribution in [3.63, 3.8) is 0 Å². The van der Waals surface area contributed by atoms with E-state index in [0.29, 0.717) is 19.8 Å². The lowest BCUT2D eigenvalue weighted by Crippen LogP contribution is -2.56. The molecule has 1 aliphatic heterocycles. The minimum atomic E-state index is -0.512. The first-order valence-corrected chi connectivity index (χ1v) is 7.17. The van der Waals surface area contributed by atoms with Crippen molar-refractivity contribution in [2.45, 2.75) is 19.1 Å². The average Bonchev–Trinajstić information content (AvgIpc) is 2.94. The number of imidazole rings is 1. The van der Waals surface area contributed by atoms with Crippen LogP contribution in [0.2, 0.25) is 0 Å². The molecule has 2 heterocycles. The molecular weight excluding hydrogens is 284 g/mol. The molecule has 0 radical (unpaired) electrons. The Morgan fingerprint density at radius 2 is 2.27 bits per heavy atom. The van der Waals surface area contributed by atoms with Gasteiger partial charge in [-0.25, -0.2) is 4.98 Å². The summed E-state index contributed by atoms with van der Waals surface area (Å²) in [4.78, 5) is 29.9. The first-order chi connectivity index (χ1) is 10.7. The molecule has 0 spiro atoms. The quantitative estimate of drug-likeness (QED) is 0.825. The number of nitrogens with zero attached hydrogens (tertiary/aromatic N) is 3. The summed E-state index contributed by atoms with van der Waals surface area (Å²) in [5.74, 6) is -0.524. The van der Waals surface area contributed by atoms with Crippen molar-refractivity contribution in [3.05, 3.63) is 30.6 Å². The maximum absolute atomic E-state index is 12.1. The summed E-state index contributed by atoms with van der Waals surface area (Å²) in [7, 11) is 1.33. The van der Waals surface area contributed by atoms with Crippen LogP contribution in [-0.2, 0) is 21.0 Å². The number of hydrogen-bond acceptors (Lipinski definition) is 5. The third-order valence-electron chi connectivity index (χ3n) is 3.89. The predicted molar refractivity (Wildman–Crippen MR) is 79.9 cm³/mol. The zero-order chi connectivity index (χ0) is 15.5. The maximum atomic E-state index is 12.1. The van der Waals surface area contributed by atoms with Gasteiger partial charge in [-0.3, -0.25) is 14.5 Å². The Balaban J connectivity index is 1.82. The van der Waals surface area contributed by atoms with Crippen LogP contribution in [0, 0.1) is 0 Å². The summed E-state index contributed by atoms with van der Waals surface area (Å²) in [6.45, 7) is 1.76. The van der Waals surface area contributed by atoms with Gasteiger partial charge >= 0.3 is 5.97 Å². The maximum Gasteiger partial charge on any atom is 0.307 e. The molecule has 3 rings (SSSR count). The highest BCUT2D eigenvalue weighted by Crippen LogP contribution is 2.16. The van der Waals surface area contributed by atoms with Crippen LogP contribution in [0.5, 0.6) is 0 Å². The normalized spacial score (nSPS) is 19.1. The Hall–Kier alpha value is -2.41. The summed E-state index contributed by atoms with van der Waals surface area (Å²) in [5, 5.41) is 2.80. The number of nitrogens with one attached hydrogen (secondary N) is 1. The van der Waals surface area contributed by atoms with E-state index in [1.165, 1.54) is 7.11 Å². The zero-order valence-electron chi connectivity index (χ0n) is 12.4. The lowest BCUT2D eigenvalue weighted by Gasteiger charge is -2.34. The van der Waals surface area contributed by atoms with Crippen molar-refractivity contribution in [2.75, 3.05) is 20.2 Å². The number of para-hydroxylation sites is 2. The number of benzene rings is 1. The number of carbonyl (C=O) groups is 2. The number of fused-ring (bicyclic) bond motifs is 1. The van der Waals surface area contributed by atoms with Gasteiger partial charge in [0.25, 0.3) is 0 Å². The van der Waals surface area contributed by atoms with Gasteiger partial charge in [0.2, 0.25) is 5.91 Å². The summed E-state index contributed by atoms with van der Waals surface area (Å²) >= 11 is 0. The molecule has 116 valence electrons. The molecule has 1 aromatic heterocycles. The smallest absolute Gasteiger partial charge is 0.307 e. The van der Waals surface area contributed by atoms with E-state index in [0.717, 1.165) is 11.0 Å². The lowest BCUT2D eigenvalue weighted by molar-refractivity contribution is -0.146. The Morgan fingerprint density at radius 3 is 3.09 bits per heavy atom. The fraction of sp³-hybridized carbons (Fsp3) is 0.400. The van der Waals surface area contributed by atoms with Gasteiger partial charge in [0.15, 0.2) is 0 Å². The fourth-order valence-electron chi connectivity index (χ4n) is 2.71. The van der Waals surface area contributed by atoms with Crippen LogP contribution in [0.25, 0.3) is 11.0 Å². The van der Waals surface area contributed by atoms with Gasteiger partial charge in [0.05, 0.1) is 37.6 Å². The van der Waals surface area contributed by atoms with Crippen molar-refractivity contribution in [1.29, 1.82) is 0 Å². The molecule has 1 amide bonds. The van der Waals surface area contributed by atoms with E-state index in [9.17, 15) is 9.59 Å². The van der Waals surface area contributed by atoms with Crippen LogP contribution in [-0.4, -0.2) is 52.6 Å². The molecule has 1 N–H and O–H groups in total. The van der Waals surface area contributed by atoms with Crippen molar-refractivity contribution >= 4 is 22.9 Å². The van der Waals surface area contributed by atoms with Crippen LogP contribution >= 0.6 is 0 Å². The second-order valence-corrected chi connectivity index (χ2v) is 5.24. The highest BCUT2D eigenvalue weighted by molar-refractivity contribution is 5.87. The molecule has 1 atom stereocenters. The largest absolute Gasteiger partial charge is 0.469 e. The minimum absolute atomic E-state index is 0.0506. The molecule has 2 aromatic rings. The van der Waals surface area contributed by atoms with Gasteiger partial charge in [0.1, 0.15) is 6.04 Å². The first-order valence-electron chi connectivity index (χ1n) is 7.17. The molecule has 1 aliphatic rings. The summed E-state index contributed by atoms with van der Waals surface area (Å²) < 4.78 is 6.67. The van der Waals surface area contributed by atoms with Crippen molar-refractivity contribution in [3.8, 4) is 0 Å². The van der Waals surface area contributed by atoms with Gasteiger partial charge in [-0.1, -0.05) is 12.1 Å². The number of amides is 1. The van der Waals surface area contributed by atoms with Crippen LogP contribution < -0.4 is 5.32 Å². The molecule has 22 heavy (non-hydrogen) atoms. The number of carbonyl (C=O) groups excluding carboxylic acids is 2. The van der Waals surface area contributed by atoms with E-state index in [1.807, 2.05) is 33.7 Å². The minimum Gasteiger partial charge on any atom is -0.469 e. The van der Waals surface area contributed by atoms with Crippen LogP contribution in [0.15, 0.2) is 30.6 Å². The second-order valence-electron chi connectivity index (χ2n) is 5.24. The van der Waals surface area contributed by atoms with Crippen molar-refractivity contribution < 1.29 is 14.3 Å². The first kappa shape index (κ1) is 14.5. The number of piperazine rings is 1. The number of rotatable bonds is 4. The fourth-order valence-corrected chi connectivity index (χ4v) is 2.71. The van der Waals surface area contributed by atoms with Gasteiger partial charge < -0.3 is 14.6 Å². The zero-order valence-corrected chi connectivity index (χ0v) is 12.4. The molecule has 0 aliphatic carbocycles. The lowest BCUT2D eigenvalue weighted by atomic mass is 10.1. The highest BCUT2D eigenvalue weighted by Gasteiger charge is 2.32.